The highest BCUT2D eigenvalue weighted by molar-refractivity contribution is 4.98. The maximum atomic E-state index is 6.03. The summed E-state index contributed by atoms with van der Waals surface area (Å²) < 4.78 is 0. The lowest BCUT2D eigenvalue weighted by molar-refractivity contribution is 0.447. The first-order valence-corrected chi connectivity index (χ1v) is 5.57. The molecular formula is C11H21N. The molecule has 2 N–H and O–H groups in total. The molecule has 0 aromatic heterocycles. The minimum Gasteiger partial charge on any atom is -0.325 e. The van der Waals surface area contributed by atoms with Crippen molar-refractivity contribution in [1.29, 1.82) is 0 Å². The fourth-order valence-electron chi connectivity index (χ4n) is 2.45. The highest BCUT2D eigenvalue weighted by Crippen LogP contribution is 2.38. The Morgan fingerprint density at radius 3 is 2.42 bits per heavy atom. The predicted molar refractivity (Wildman–Crippen MR) is 52.0 cm³/mol. The Balaban J connectivity index is 1.56. The Morgan fingerprint density at radius 2 is 1.83 bits per heavy atom. The first-order valence-electron chi connectivity index (χ1n) is 5.57. The van der Waals surface area contributed by atoms with E-state index < -0.39 is 0 Å². The average Bonchev–Trinajstić information content (AvgIpc) is 2.61. The molecule has 0 aromatic rings. The van der Waals surface area contributed by atoms with E-state index in [2.05, 4.69) is 0 Å². The minimum absolute atomic E-state index is 0.304. The second-order valence-electron chi connectivity index (χ2n) is 4.91. The lowest BCUT2D eigenvalue weighted by atomic mass is 9.98. The van der Waals surface area contributed by atoms with Crippen molar-refractivity contribution in [2.45, 2.75) is 63.3 Å². The van der Waals surface area contributed by atoms with Crippen LogP contribution >= 0.6 is 0 Å². The van der Waals surface area contributed by atoms with Crippen LogP contribution in [0.25, 0.3) is 0 Å². The van der Waals surface area contributed by atoms with Crippen LogP contribution in [0.4, 0.5) is 0 Å². The fraction of sp³-hybridized carbons (Fsp3) is 1.00. The van der Waals surface area contributed by atoms with Gasteiger partial charge in [0.2, 0.25) is 0 Å². The van der Waals surface area contributed by atoms with Gasteiger partial charge >= 0.3 is 0 Å². The van der Waals surface area contributed by atoms with Gasteiger partial charge in [0, 0.05) is 5.54 Å². The summed E-state index contributed by atoms with van der Waals surface area (Å²) in [5.41, 5.74) is 6.34. The molecule has 2 saturated carbocycles. The van der Waals surface area contributed by atoms with Crippen LogP contribution in [0.2, 0.25) is 0 Å². The zero-order valence-electron chi connectivity index (χ0n) is 8.02. The van der Waals surface area contributed by atoms with Gasteiger partial charge in [-0.3, -0.25) is 0 Å². The van der Waals surface area contributed by atoms with E-state index in [1.807, 2.05) is 0 Å². The van der Waals surface area contributed by atoms with E-state index in [4.69, 9.17) is 5.73 Å². The summed E-state index contributed by atoms with van der Waals surface area (Å²) in [7, 11) is 0. The van der Waals surface area contributed by atoms with Crippen LogP contribution in [0.15, 0.2) is 0 Å². The third-order valence-corrected chi connectivity index (χ3v) is 3.65. The van der Waals surface area contributed by atoms with Crippen LogP contribution in [-0.2, 0) is 0 Å². The van der Waals surface area contributed by atoms with Crippen LogP contribution in [-0.4, -0.2) is 5.54 Å². The van der Waals surface area contributed by atoms with Crippen LogP contribution in [0.3, 0.4) is 0 Å². The molecule has 0 heterocycles. The number of hydrogen-bond donors (Lipinski definition) is 1. The van der Waals surface area contributed by atoms with E-state index in [0.717, 1.165) is 5.92 Å². The molecular weight excluding hydrogens is 146 g/mol. The zero-order valence-corrected chi connectivity index (χ0v) is 8.02. The molecule has 0 unspecified atom stereocenters. The van der Waals surface area contributed by atoms with E-state index in [-0.39, 0.29) is 0 Å². The summed E-state index contributed by atoms with van der Waals surface area (Å²) in [5, 5.41) is 0. The van der Waals surface area contributed by atoms with E-state index in [9.17, 15) is 0 Å². The third kappa shape index (κ3) is 2.22. The molecule has 1 nitrogen and oxygen atoms in total. The van der Waals surface area contributed by atoms with Crippen molar-refractivity contribution in [2.75, 3.05) is 0 Å². The molecule has 0 atom stereocenters. The van der Waals surface area contributed by atoms with Gasteiger partial charge in [-0.2, -0.15) is 0 Å². The second-order valence-corrected chi connectivity index (χ2v) is 4.91. The molecule has 70 valence electrons. The molecule has 0 aromatic carbocycles. The number of rotatable bonds is 4. The van der Waals surface area contributed by atoms with Crippen LogP contribution in [0, 0.1) is 5.92 Å². The zero-order chi connectivity index (χ0) is 8.44. The SMILES string of the molecule is NC1(CCCC2CCCC2)CC1. The molecule has 0 saturated heterocycles. The van der Waals surface area contributed by atoms with Gasteiger partial charge < -0.3 is 5.73 Å². The van der Waals surface area contributed by atoms with E-state index in [1.54, 1.807) is 0 Å². The monoisotopic (exact) mass is 167 g/mol. The molecule has 1 heteroatoms. The van der Waals surface area contributed by atoms with Crippen LogP contribution < -0.4 is 5.73 Å². The molecule has 2 rings (SSSR count). The quantitative estimate of drug-likeness (QED) is 0.684. The molecule has 0 bridgehead atoms. The predicted octanol–water partition coefficient (Wildman–Crippen LogP) is 2.84. The van der Waals surface area contributed by atoms with Crippen molar-refractivity contribution in [3.63, 3.8) is 0 Å². The molecule has 0 aliphatic heterocycles. The van der Waals surface area contributed by atoms with E-state index in [0.29, 0.717) is 5.54 Å². The van der Waals surface area contributed by atoms with Gasteiger partial charge in [0.1, 0.15) is 0 Å². The summed E-state index contributed by atoms with van der Waals surface area (Å²) in [6, 6.07) is 0. The summed E-state index contributed by atoms with van der Waals surface area (Å²) in [4.78, 5) is 0. The Hall–Kier alpha value is -0.0400. The van der Waals surface area contributed by atoms with E-state index in [1.165, 1.54) is 57.8 Å². The Labute approximate surface area is 75.7 Å². The lowest BCUT2D eigenvalue weighted by Gasteiger charge is -2.11. The number of hydrogen-bond acceptors (Lipinski definition) is 1. The summed E-state index contributed by atoms with van der Waals surface area (Å²) >= 11 is 0. The molecule has 2 aliphatic rings. The standard InChI is InChI=1S/C11H21N/c12-11(8-9-11)7-3-6-10-4-1-2-5-10/h10H,1-9,12H2. The van der Waals surface area contributed by atoms with Gasteiger partial charge in [0.25, 0.3) is 0 Å². The van der Waals surface area contributed by atoms with Crippen molar-refractivity contribution in [1.82, 2.24) is 0 Å². The maximum Gasteiger partial charge on any atom is 0.0155 e. The van der Waals surface area contributed by atoms with Gasteiger partial charge in [-0.1, -0.05) is 38.5 Å². The fourth-order valence-corrected chi connectivity index (χ4v) is 2.45. The highest BCUT2D eigenvalue weighted by atomic mass is 14.8. The minimum atomic E-state index is 0.304. The van der Waals surface area contributed by atoms with Gasteiger partial charge in [0.05, 0.1) is 0 Å². The second kappa shape index (κ2) is 3.37. The average molecular weight is 167 g/mol. The molecule has 12 heavy (non-hydrogen) atoms. The van der Waals surface area contributed by atoms with Gasteiger partial charge in [-0.05, 0) is 25.2 Å². The molecule has 2 aliphatic carbocycles. The summed E-state index contributed by atoms with van der Waals surface area (Å²) in [5.74, 6) is 1.06. The highest BCUT2D eigenvalue weighted by Gasteiger charge is 2.37. The largest absolute Gasteiger partial charge is 0.325 e. The van der Waals surface area contributed by atoms with Gasteiger partial charge in [-0.15, -0.1) is 0 Å². The summed E-state index contributed by atoms with van der Waals surface area (Å²) in [6.07, 6.45) is 12.7. The number of nitrogens with two attached hydrogens (primary N) is 1. The van der Waals surface area contributed by atoms with Crippen LogP contribution in [0.1, 0.15) is 57.8 Å². The Bertz CT molecular complexity index is 143. The molecule has 0 amide bonds. The van der Waals surface area contributed by atoms with Crippen molar-refractivity contribution >= 4 is 0 Å². The topological polar surface area (TPSA) is 26.0 Å². The first-order chi connectivity index (χ1) is 5.79. The molecule has 2 fully saturated rings. The van der Waals surface area contributed by atoms with Crippen molar-refractivity contribution in [3.8, 4) is 0 Å². The normalized spacial score (nSPS) is 27.8. The summed E-state index contributed by atoms with van der Waals surface area (Å²) in [6.45, 7) is 0. The third-order valence-electron chi connectivity index (χ3n) is 3.65. The van der Waals surface area contributed by atoms with Crippen molar-refractivity contribution in [3.05, 3.63) is 0 Å². The van der Waals surface area contributed by atoms with Crippen molar-refractivity contribution < 1.29 is 0 Å². The van der Waals surface area contributed by atoms with Gasteiger partial charge in [0.15, 0.2) is 0 Å². The maximum absolute atomic E-state index is 6.03. The Morgan fingerprint density at radius 1 is 1.17 bits per heavy atom. The van der Waals surface area contributed by atoms with Gasteiger partial charge in [-0.25, -0.2) is 0 Å². The smallest absolute Gasteiger partial charge is 0.0155 e. The van der Waals surface area contributed by atoms with E-state index >= 15 is 0 Å². The molecule has 0 spiro atoms. The van der Waals surface area contributed by atoms with Crippen LogP contribution in [0.5, 0.6) is 0 Å². The first kappa shape index (κ1) is 8.55. The molecule has 0 radical (unpaired) electrons. The lowest BCUT2D eigenvalue weighted by Crippen LogP contribution is -2.21. The Kier molecular flexibility index (Phi) is 2.40. The van der Waals surface area contributed by atoms with Crippen molar-refractivity contribution in [2.24, 2.45) is 11.7 Å².